The number of carbonyl (C=O) groups excluding carboxylic acids is 2. The Hall–Kier alpha value is -4.65. The number of allylic oxidation sites excluding steroid dienone is 1. The fourth-order valence-corrected chi connectivity index (χ4v) is 4.26. The van der Waals surface area contributed by atoms with Crippen LogP contribution in [-0.4, -0.2) is 34.5 Å². The molecule has 0 aliphatic rings. The highest BCUT2D eigenvalue weighted by Crippen LogP contribution is 2.24. The Bertz CT molecular complexity index is 1620. The second-order valence-corrected chi connectivity index (χ2v) is 9.50. The van der Waals surface area contributed by atoms with Crippen molar-refractivity contribution < 1.29 is 14.3 Å². The molecule has 10 heteroatoms. The van der Waals surface area contributed by atoms with Crippen LogP contribution in [0.4, 0.5) is 5.69 Å². The number of nitrogens with zero attached hydrogens (tertiary/aromatic N) is 2. The molecular weight excluding hydrogens is 536 g/mol. The van der Waals surface area contributed by atoms with Crippen LogP contribution < -0.4 is 15.6 Å². The maximum Gasteiger partial charge on any atom is 0.270 e. The average Bonchev–Trinajstić information content (AvgIpc) is 2.95. The van der Waals surface area contributed by atoms with E-state index in [1.165, 1.54) is 13.2 Å². The molecular formula is C29H21ClN4O4S. The average molecular weight is 557 g/mol. The van der Waals surface area contributed by atoms with Gasteiger partial charge < -0.3 is 15.0 Å². The number of amides is 1. The molecule has 2 N–H and O–H groups in total. The molecule has 0 saturated carbocycles. The Labute approximate surface area is 233 Å². The smallest absolute Gasteiger partial charge is 0.270 e. The van der Waals surface area contributed by atoms with Crippen molar-refractivity contribution in [1.29, 1.82) is 5.26 Å². The number of H-pyrrole nitrogens is 1. The molecule has 1 heterocycles. The van der Waals surface area contributed by atoms with Gasteiger partial charge in [0.05, 0.1) is 18.6 Å². The Morgan fingerprint density at radius 2 is 1.77 bits per heavy atom. The van der Waals surface area contributed by atoms with Gasteiger partial charge in [-0.25, -0.2) is 4.98 Å². The number of carbonyl (C=O) groups is 2. The van der Waals surface area contributed by atoms with E-state index in [1.807, 2.05) is 18.2 Å². The van der Waals surface area contributed by atoms with Crippen LogP contribution in [0.15, 0.2) is 88.8 Å². The highest BCUT2D eigenvalue weighted by atomic mass is 35.5. The maximum absolute atomic E-state index is 12.5. The van der Waals surface area contributed by atoms with Crippen LogP contribution in [0.3, 0.4) is 0 Å². The van der Waals surface area contributed by atoms with E-state index >= 15 is 0 Å². The summed E-state index contributed by atoms with van der Waals surface area (Å²) in [4.78, 5) is 44.4. The molecule has 1 aromatic heterocycles. The summed E-state index contributed by atoms with van der Waals surface area (Å²) in [6.07, 6.45) is 3.17. The number of ether oxygens (including phenoxy) is 1. The van der Waals surface area contributed by atoms with Crippen LogP contribution in [0.2, 0.25) is 5.02 Å². The summed E-state index contributed by atoms with van der Waals surface area (Å²) < 4.78 is 5.15. The van der Waals surface area contributed by atoms with Crippen LogP contribution >= 0.6 is 23.4 Å². The predicted molar refractivity (Wildman–Crippen MR) is 152 cm³/mol. The van der Waals surface area contributed by atoms with Crippen LogP contribution in [-0.2, 0) is 4.79 Å². The summed E-state index contributed by atoms with van der Waals surface area (Å²) in [6, 6.07) is 22.3. The Kier molecular flexibility index (Phi) is 8.94. The van der Waals surface area contributed by atoms with Crippen LogP contribution in [0, 0.1) is 11.3 Å². The van der Waals surface area contributed by atoms with Gasteiger partial charge in [0, 0.05) is 21.8 Å². The van der Waals surface area contributed by atoms with Gasteiger partial charge in [-0.15, -0.1) is 0 Å². The molecule has 3 aromatic carbocycles. The van der Waals surface area contributed by atoms with E-state index in [4.69, 9.17) is 16.3 Å². The summed E-state index contributed by atoms with van der Waals surface area (Å²) in [5.74, 6) is 0.0725. The number of halogens is 1. The molecule has 0 radical (unpaired) electrons. The van der Waals surface area contributed by atoms with E-state index in [2.05, 4.69) is 15.3 Å². The number of hydrogen-bond acceptors (Lipinski definition) is 7. The molecule has 4 aromatic rings. The molecule has 194 valence electrons. The van der Waals surface area contributed by atoms with Gasteiger partial charge in [-0.2, -0.15) is 5.26 Å². The summed E-state index contributed by atoms with van der Waals surface area (Å²) in [7, 11) is 1.54. The lowest BCUT2D eigenvalue weighted by atomic mass is 10.1. The Balaban J connectivity index is 1.38. The molecule has 39 heavy (non-hydrogen) atoms. The first-order valence-electron chi connectivity index (χ1n) is 11.6. The molecule has 0 unspecified atom stereocenters. The molecule has 1 amide bonds. The van der Waals surface area contributed by atoms with Crippen molar-refractivity contribution in [2.75, 3.05) is 18.2 Å². The van der Waals surface area contributed by atoms with Gasteiger partial charge >= 0.3 is 0 Å². The normalized spacial score (nSPS) is 10.7. The summed E-state index contributed by atoms with van der Waals surface area (Å²) in [5.41, 5.74) is 1.91. The number of aromatic nitrogens is 2. The quantitative estimate of drug-likeness (QED) is 0.119. The van der Waals surface area contributed by atoms with Crippen molar-refractivity contribution in [2.24, 2.45) is 0 Å². The van der Waals surface area contributed by atoms with Crippen molar-refractivity contribution in [3.05, 3.63) is 111 Å². The molecule has 0 aliphatic heterocycles. The van der Waals surface area contributed by atoms with E-state index < -0.39 is 5.56 Å². The number of ketones is 1. The summed E-state index contributed by atoms with van der Waals surface area (Å²) in [5, 5.41) is 13.0. The highest BCUT2D eigenvalue weighted by molar-refractivity contribution is 7.99. The zero-order chi connectivity index (χ0) is 27.8. The fraction of sp³-hybridized carbons (Fsp3) is 0.0690. The third-order valence-corrected chi connectivity index (χ3v) is 6.59. The Morgan fingerprint density at radius 3 is 2.41 bits per heavy atom. The molecule has 0 fully saturated rings. The van der Waals surface area contributed by atoms with Crippen LogP contribution in [0.1, 0.15) is 21.5 Å². The lowest BCUT2D eigenvalue weighted by Crippen LogP contribution is -2.17. The maximum atomic E-state index is 12.5. The number of anilines is 1. The van der Waals surface area contributed by atoms with Gasteiger partial charge in [-0.1, -0.05) is 41.6 Å². The van der Waals surface area contributed by atoms with E-state index in [0.717, 1.165) is 17.3 Å². The van der Waals surface area contributed by atoms with Gasteiger partial charge in [0.2, 0.25) is 5.91 Å². The lowest BCUT2D eigenvalue weighted by Gasteiger charge is -2.08. The van der Waals surface area contributed by atoms with Crippen molar-refractivity contribution in [1.82, 2.24) is 9.97 Å². The van der Waals surface area contributed by atoms with E-state index in [9.17, 15) is 19.6 Å². The number of hydrogen-bond donors (Lipinski definition) is 2. The second kappa shape index (κ2) is 12.7. The van der Waals surface area contributed by atoms with Gasteiger partial charge in [0.15, 0.2) is 10.9 Å². The van der Waals surface area contributed by atoms with Crippen LogP contribution in [0.25, 0.3) is 17.3 Å². The molecule has 0 atom stereocenters. The number of methoxy groups -OCH3 is 1. The lowest BCUT2D eigenvalue weighted by molar-refractivity contribution is -0.113. The monoisotopic (exact) mass is 556 g/mol. The second-order valence-electron chi connectivity index (χ2n) is 8.10. The zero-order valence-electron chi connectivity index (χ0n) is 20.6. The Morgan fingerprint density at radius 1 is 1.08 bits per heavy atom. The van der Waals surface area contributed by atoms with Crippen molar-refractivity contribution in [2.45, 2.75) is 5.16 Å². The standard InChI is InChI=1S/C29H21ClN4O4S/c1-38-23-13-7-20(8-14-23)27-24(16-31)28(37)34-29(33-27)39-17-26(36)32-22-11-5-19(6-12-22)25(35)15-4-18-2-9-21(30)10-3-18/h2-15H,17H2,1H3,(H,32,36)(H,33,34,37)/b15-4+. The minimum absolute atomic E-state index is 0.0403. The first-order chi connectivity index (χ1) is 18.9. The van der Waals surface area contributed by atoms with E-state index in [-0.39, 0.29) is 33.9 Å². The third kappa shape index (κ3) is 7.23. The molecule has 0 spiro atoms. The minimum atomic E-state index is -0.591. The van der Waals surface area contributed by atoms with Crippen LogP contribution in [0.5, 0.6) is 5.75 Å². The first-order valence-corrected chi connectivity index (χ1v) is 12.9. The van der Waals surface area contributed by atoms with Crippen molar-refractivity contribution in [3.63, 3.8) is 0 Å². The molecule has 0 bridgehead atoms. The van der Waals surface area contributed by atoms with Gasteiger partial charge in [0.1, 0.15) is 17.4 Å². The van der Waals surface area contributed by atoms with E-state index in [1.54, 1.807) is 66.7 Å². The van der Waals surface area contributed by atoms with Crippen molar-refractivity contribution in [3.8, 4) is 23.1 Å². The van der Waals surface area contributed by atoms with Gasteiger partial charge in [-0.3, -0.25) is 14.4 Å². The third-order valence-electron chi connectivity index (χ3n) is 5.46. The first kappa shape index (κ1) is 27.4. The van der Waals surface area contributed by atoms with Gasteiger partial charge in [-0.05, 0) is 72.3 Å². The zero-order valence-corrected chi connectivity index (χ0v) is 22.2. The number of rotatable bonds is 9. The fourth-order valence-electron chi connectivity index (χ4n) is 3.47. The SMILES string of the molecule is COc1ccc(-c2nc(SCC(=O)Nc3ccc(C(=O)/C=C/c4ccc(Cl)cc4)cc3)[nH]c(=O)c2C#N)cc1. The summed E-state index contributed by atoms with van der Waals surface area (Å²) in [6.45, 7) is 0. The molecule has 8 nitrogen and oxygen atoms in total. The summed E-state index contributed by atoms with van der Waals surface area (Å²) >= 11 is 6.90. The number of aromatic amines is 1. The molecule has 4 rings (SSSR count). The van der Waals surface area contributed by atoms with Crippen molar-refractivity contribution >= 4 is 46.8 Å². The topological polar surface area (TPSA) is 125 Å². The molecule has 0 aliphatic carbocycles. The largest absolute Gasteiger partial charge is 0.497 e. The van der Waals surface area contributed by atoms with E-state index in [0.29, 0.717) is 27.6 Å². The number of thioether (sulfide) groups is 1. The highest BCUT2D eigenvalue weighted by Gasteiger charge is 2.15. The van der Waals surface area contributed by atoms with Gasteiger partial charge in [0.25, 0.3) is 5.56 Å². The minimum Gasteiger partial charge on any atom is -0.497 e. The number of nitriles is 1. The number of nitrogens with one attached hydrogen (secondary N) is 2. The predicted octanol–water partition coefficient (Wildman–Crippen LogP) is 5.60. The number of benzene rings is 3. The molecule has 0 saturated heterocycles.